The number of aryl methyl sites for hydroxylation is 2. The Morgan fingerprint density at radius 3 is 2.91 bits per heavy atom. The monoisotopic (exact) mass is 307 g/mol. The smallest absolute Gasteiger partial charge is 0.274 e. The standard InChI is InChI=1S/C17H17N5O/c1-11-9-15-18-7-5-16(23)22(15)20-17(11)21-8-6-14-13(10-21)4-3-12(2)19-14/h3-5,7,9H,6,8,10H2,1-2H3. The minimum atomic E-state index is -0.161. The van der Waals surface area contributed by atoms with Crippen LogP contribution in [-0.4, -0.2) is 26.1 Å². The molecule has 0 unspecified atom stereocenters. The van der Waals surface area contributed by atoms with Crippen molar-refractivity contribution in [2.75, 3.05) is 11.4 Å². The third kappa shape index (κ3) is 2.36. The highest BCUT2D eigenvalue weighted by Crippen LogP contribution is 2.24. The van der Waals surface area contributed by atoms with Gasteiger partial charge < -0.3 is 4.90 Å². The van der Waals surface area contributed by atoms with Gasteiger partial charge >= 0.3 is 0 Å². The molecule has 6 heteroatoms. The highest BCUT2D eigenvalue weighted by molar-refractivity contribution is 5.53. The number of hydrogen-bond donors (Lipinski definition) is 0. The summed E-state index contributed by atoms with van der Waals surface area (Å²) < 4.78 is 1.37. The lowest BCUT2D eigenvalue weighted by atomic mass is 10.0. The van der Waals surface area contributed by atoms with Gasteiger partial charge in [-0.05, 0) is 37.1 Å². The van der Waals surface area contributed by atoms with Gasteiger partial charge in [0.25, 0.3) is 5.56 Å². The van der Waals surface area contributed by atoms with E-state index in [1.54, 1.807) is 0 Å². The predicted molar refractivity (Wildman–Crippen MR) is 87.7 cm³/mol. The Labute approximate surface area is 133 Å². The molecule has 3 aromatic rings. The maximum atomic E-state index is 12.0. The van der Waals surface area contributed by atoms with Crippen molar-refractivity contribution in [3.8, 4) is 0 Å². The molecule has 1 aliphatic heterocycles. The number of rotatable bonds is 1. The fourth-order valence-corrected chi connectivity index (χ4v) is 3.07. The van der Waals surface area contributed by atoms with Crippen LogP contribution in [0, 0.1) is 13.8 Å². The second kappa shape index (κ2) is 5.15. The van der Waals surface area contributed by atoms with E-state index in [1.165, 1.54) is 28.0 Å². The fraction of sp³-hybridized carbons (Fsp3) is 0.294. The SMILES string of the molecule is Cc1ccc2c(n1)CCN(c1nn3c(=O)ccnc3cc1C)C2. The molecule has 0 aliphatic carbocycles. The van der Waals surface area contributed by atoms with Gasteiger partial charge in [-0.15, -0.1) is 5.10 Å². The first-order chi connectivity index (χ1) is 11.1. The Morgan fingerprint density at radius 1 is 1.17 bits per heavy atom. The average Bonchev–Trinajstić information content (AvgIpc) is 2.54. The molecule has 4 rings (SSSR count). The number of nitrogens with zero attached hydrogens (tertiary/aromatic N) is 5. The van der Waals surface area contributed by atoms with Crippen LogP contribution >= 0.6 is 0 Å². The Balaban J connectivity index is 1.78. The van der Waals surface area contributed by atoms with Gasteiger partial charge in [-0.3, -0.25) is 9.78 Å². The number of anilines is 1. The van der Waals surface area contributed by atoms with E-state index < -0.39 is 0 Å². The third-order valence-electron chi connectivity index (χ3n) is 4.23. The lowest BCUT2D eigenvalue weighted by molar-refractivity contribution is 0.683. The summed E-state index contributed by atoms with van der Waals surface area (Å²) in [6, 6.07) is 7.51. The molecule has 0 spiro atoms. The molecule has 0 atom stereocenters. The molecule has 0 fully saturated rings. The second-order valence-corrected chi connectivity index (χ2v) is 5.93. The van der Waals surface area contributed by atoms with Crippen molar-refractivity contribution in [2.24, 2.45) is 0 Å². The molecule has 4 heterocycles. The summed E-state index contributed by atoms with van der Waals surface area (Å²) in [6.07, 6.45) is 2.40. The summed E-state index contributed by atoms with van der Waals surface area (Å²) >= 11 is 0. The molecule has 0 aromatic carbocycles. The van der Waals surface area contributed by atoms with Gasteiger partial charge in [0.05, 0.1) is 0 Å². The molecule has 0 bridgehead atoms. The Bertz CT molecular complexity index is 963. The van der Waals surface area contributed by atoms with E-state index in [-0.39, 0.29) is 5.56 Å². The van der Waals surface area contributed by atoms with Crippen LogP contribution in [0.2, 0.25) is 0 Å². The van der Waals surface area contributed by atoms with Gasteiger partial charge in [0, 0.05) is 43.2 Å². The average molecular weight is 307 g/mol. The molecule has 0 N–H and O–H groups in total. The molecule has 0 saturated carbocycles. The Hall–Kier alpha value is -2.76. The van der Waals surface area contributed by atoms with E-state index in [2.05, 4.69) is 26.0 Å². The van der Waals surface area contributed by atoms with Gasteiger partial charge in [-0.1, -0.05) is 6.07 Å². The van der Waals surface area contributed by atoms with E-state index >= 15 is 0 Å². The maximum Gasteiger partial charge on any atom is 0.274 e. The van der Waals surface area contributed by atoms with E-state index in [4.69, 9.17) is 0 Å². The lowest BCUT2D eigenvalue weighted by Crippen LogP contribution is -2.33. The van der Waals surface area contributed by atoms with Crippen LogP contribution < -0.4 is 10.5 Å². The number of aromatic nitrogens is 4. The van der Waals surface area contributed by atoms with Crippen LogP contribution in [0.4, 0.5) is 5.82 Å². The zero-order valence-corrected chi connectivity index (χ0v) is 13.2. The minimum Gasteiger partial charge on any atom is -0.350 e. The van der Waals surface area contributed by atoms with Crippen molar-refractivity contribution < 1.29 is 0 Å². The van der Waals surface area contributed by atoms with E-state index in [1.807, 2.05) is 26.0 Å². The maximum absolute atomic E-state index is 12.0. The lowest BCUT2D eigenvalue weighted by Gasteiger charge is -2.30. The quantitative estimate of drug-likeness (QED) is 0.684. The van der Waals surface area contributed by atoms with E-state index in [9.17, 15) is 4.79 Å². The summed E-state index contributed by atoms with van der Waals surface area (Å²) in [4.78, 5) is 23.0. The van der Waals surface area contributed by atoms with Crippen LogP contribution in [0.5, 0.6) is 0 Å². The molecule has 1 aliphatic rings. The van der Waals surface area contributed by atoms with Gasteiger partial charge in [-0.2, -0.15) is 4.52 Å². The zero-order valence-electron chi connectivity index (χ0n) is 13.2. The predicted octanol–water partition coefficient (Wildman–Crippen LogP) is 1.66. The number of pyridine rings is 1. The van der Waals surface area contributed by atoms with Gasteiger partial charge in [-0.25, -0.2) is 4.98 Å². The highest BCUT2D eigenvalue weighted by atomic mass is 16.1. The molecule has 0 amide bonds. The van der Waals surface area contributed by atoms with Crippen molar-refractivity contribution in [3.05, 3.63) is 63.3 Å². The van der Waals surface area contributed by atoms with Crippen molar-refractivity contribution in [2.45, 2.75) is 26.8 Å². The summed E-state index contributed by atoms with van der Waals surface area (Å²) in [7, 11) is 0. The van der Waals surface area contributed by atoms with Crippen molar-refractivity contribution in [1.82, 2.24) is 19.6 Å². The Kier molecular flexibility index (Phi) is 3.11. The van der Waals surface area contributed by atoms with E-state index in [0.29, 0.717) is 5.65 Å². The fourth-order valence-electron chi connectivity index (χ4n) is 3.07. The zero-order chi connectivity index (χ0) is 16.0. The van der Waals surface area contributed by atoms with Crippen LogP contribution in [0.1, 0.15) is 22.5 Å². The van der Waals surface area contributed by atoms with E-state index in [0.717, 1.165) is 36.6 Å². The molecular weight excluding hydrogens is 290 g/mol. The van der Waals surface area contributed by atoms with Gasteiger partial charge in [0.1, 0.15) is 0 Å². The summed E-state index contributed by atoms with van der Waals surface area (Å²) in [5, 5.41) is 4.54. The first kappa shape index (κ1) is 13.9. The molecule has 0 radical (unpaired) electrons. The van der Waals surface area contributed by atoms with Crippen molar-refractivity contribution in [3.63, 3.8) is 0 Å². The first-order valence-electron chi connectivity index (χ1n) is 7.68. The van der Waals surface area contributed by atoms with Crippen LogP contribution in [0.3, 0.4) is 0 Å². The largest absolute Gasteiger partial charge is 0.350 e. The third-order valence-corrected chi connectivity index (χ3v) is 4.23. The second-order valence-electron chi connectivity index (χ2n) is 5.93. The van der Waals surface area contributed by atoms with Crippen molar-refractivity contribution >= 4 is 11.5 Å². The van der Waals surface area contributed by atoms with Gasteiger partial charge in [0.15, 0.2) is 11.5 Å². The van der Waals surface area contributed by atoms with Crippen LogP contribution in [0.25, 0.3) is 5.65 Å². The molecule has 23 heavy (non-hydrogen) atoms. The molecule has 6 nitrogen and oxygen atoms in total. The molecule has 0 saturated heterocycles. The first-order valence-corrected chi connectivity index (χ1v) is 7.68. The molecular formula is C17H17N5O. The van der Waals surface area contributed by atoms with Gasteiger partial charge in [0.2, 0.25) is 0 Å². The Morgan fingerprint density at radius 2 is 2.04 bits per heavy atom. The summed E-state index contributed by atoms with van der Waals surface area (Å²) in [5.41, 5.74) is 4.88. The summed E-state index contributed by atoms with van der Waals surface area (Å²) in [6.45, 7) is 5.63. The number of fused-ring (bicyclic) bond motifs is 2. The minimum absolute atomic E-state index is 0.161. The normalized spacial score (nSPS) is 14.1. The van der Waals surface area contributed by atoms with Crippen LogP contribution in [-0.2, 0) is 13.0 Å². The van der Waals surface area contributed by atoms with Crippen molar-refractivity contribution in [1.29, 1.82) is 0 Å². The topological polar surface area (TPSA) is 63.4 Å². The van der Waals surface area contributed by atoms with Crippen LogP contribution in [0.15, 0.2) is 35.3 Å². The highest BCUT2D eigenvalue weighted by Gasteiger charge is 2.20. The summed E-state index contributed by atoms with van der Waals surface area (Å²) in [5.74, 6) is 0.832. The number of hydrogen-bond acceptors (Lipinski definition) is 5. The molecule has 3 aromatic heterocycles. The molecule has 116 valence electrons.